The normalized spacial score (nSPS) is 14.2. The highest BCUT2D eigenvalue weighted by atomic mass is 16.5. The third-order valence-electron chi connectivity index (χ3n) is 3.32. The zero-order valence-corrected chi connectivity index (χ0v) is 12.3. The van der Waals surface area contributed by atoms with E-state index in [-0.39, 0.29) is 24.5 Å². The van der Waals surface area contributed by atoms with Gasteiger partial charge in [-0.1, -0.05) is 6.92 Å². The molecule has 0 bridgehead atoms. The highest BCUT2D eigenvalue weighted by molar-refractivity contribution is 5.97. The fourth-order valence-electron chi connectivity index (χ4n) is 2.23. The van der Waals surface area contributed by atoms with Crippen molar-refractivity contribution in [3.05, 3.63) is 17.5 Å². The van der Waals surface area contributed by atoms with Crippen LogP contribution in [0.3, 0.4) is 0 Å². The van der Waals surface area contributed by atoms with Crippen LogP contribution in [0.5, 0.6) is 0 Å². The maximum atomic E-state index is 12.6. The van der Waals surface area contributed by atoms with Crippen molar-refractivity contribution in [2.24, 2.45) is 7.05 Å². The summed E-state index contributed by atoms with van der Waals surface area (Å²) in [5.41, 5.74) is 1.36. The molecule has 110 valence electrons. The third kappa shape index (κ3) is 3.18. The number of ether oxygens (including phenoxy) is 1. The van der Waals surface area contributed by atoms with Crippen LogP contribution < -0.4 is 0 Å². The molecule has 0 unspecified atom stereocenters. The average molecular weight is 279 g/mol. The molecule has 1 amide bonds. The van der Waals surface area contributed by atoms with Gasteiger partial charge in [-0.2, -0.15) is 5.10 Å². The van der Waals surface area contributed by atoms with Gasteiger partial charge in [0.2, 0.25) is 0 Å². The molecule has 1 aliphatic rings. The maximum absolute atomic E-state index is 12.6. The summed E-state index contributed by atoms with van der Waals surface area (Å²) in [6.07, 6.45) is 4.32. The van der Waals surface area contributed by atoms with E-state index in [9.17, 15) is 9.59 Å². The monoisotopic (exact) mass is 279 g/mol. The Balaban J connectivity index is 2.16. The summed E-state index contributed by atoms with van der Waals surface area (Å²) in [6.45, 7) is 4.08. The lowest BCUT2D eigenvalue weighted by Crippen LogP contribution is -2.38. The third-order valence-corrected chi connectivity index (χ3v) is 3.32. The van der Waals surface area contributed by atoms with E-state index >= 15 is 0 Å². The van der Waals surface area contributed by atoms with E-state index in [2.05, 4.69) is 5.10 Å². The van der Waals surface area contributed by atoms with Gasteiger partial charge in [-0.25, -0.2) is 0 Å². The van der Waals surface area contributed by atoms with Crippen LogP contribution in [0, 0.1) is 0 Å². The van der Waals surface area contributed by atoms with Crippen LogP contribution >= 0.6 is 0 Å². The Kier molecular flexibility index (Phi) is 4.42. The molecular formula is C14H21N3O3. The molecular weight excluding hydrogens is 258 g/mol. The lowest BCUT2D eigenvalue weighted by molar-refractivity contribution is -0.144. The molecule has 1 aromatic heterocycles. The van der Waals surface area contributed by atoms with Gasteiger partial charge in [0.15, 0.2) is 0 Å². The second kappa shape index (κ2) is 6.07. The van der Waals surface area contributed by atoms with Crippen molar-refractivity contribution in [3.63, 3.8) is 0 Å². The number of aryl methyl sites for hydroxylation is 2. The molecule has 6 heteroatoms. The first-order valence-corrected chi connectivity index (χ1v) is 7.05. The molecule has 0 aromatic carbocycles. The second-order valence-corrected chi connectivity index (χ2v) is 4.99. The minimum Gasteiger partial charge on any atom is -0.465 e. The van der Waals surface area contributed by atoms with Gasteiger partial charge in [0.25, 0.3) is 5.91 Å². The van der Waals surface area contributed by atoms with Crippen LogP contribution in [-0.4, -0.2) is 45.8 Å². The number of carbonyl (C=O) groups excluding carboxylic acids is 2. The van der Waals surface area contributed by atoms with E-state index < -0.39 is 0 Å². The van der Waals surface area contributed by atoms with Crippen LogP contribution in [0.1, 0.15) is 42.7 Å². The molecule has 0 aliphatic heterocycles. The molecule has 0 N–H and O–H groups in total. The quantitative estimate of drug-likeness (QED) is 0.733. The Morgan fingerprint density at radius 1 is 1.45 bits per heavy atom. The molecule has 0 saturated heterocycles. The lowest BCUT2D eigenvalue weighted by Gasteiger charge is -2.21. The molecule has 1 aliphatic carbocycles. The number of hydrogen-bond acceptors (Lipinski definition) is 4. The fourth-order valence-corrected chi connectivity index (χ4v) is 2.23. The van der Waals surface area contributed by atoms with E-state index in [0.717, 1.165) is 18.5 Å². The Labute approximate surface area is 118 Å². The summed E-state index contributed by atoms with van der Waals surface area (Å²) in [5.74, 6) is -0.472. The van der Waals surface area contributed by atoms with Crippen molar-refractivity contribution in [2.75, 3.05) is 13.2 Å². The number of amides is 1. The van der Waals surface area contributed by atoms with Crippen molar-refractivity contribution >= 4 is 11.9 Å². The standard InChI is InChI=1S/C14H21N3O3/c1-4-12-11(8-16(3)15-12)14(19)17(10-6-7-10)9-13(18)20-5-2/h8,10H,4-7,9H2,1-3H3. The molecule has 1 saturated carbocycles. The van der Waals surface area contributed by atoms with E-state index in [1.807, 2.05) is 6.92 Å². The minimum absolute atomic E-state index is 0.0232. The van der Waals surface area contributed by atoms with E-state index in [1.165, 1.54) is 0 Å². The van der Waals surface area contributed by atoms with Gasteiger partial charge in [0.05, 0.1) is 17.9 Å². The first-order valence-electron chi connectivity index (χ1n) is 7.05. The highest BCUT2D eigenvalue weighted by Gasteiger charge is 2.35. The van der Waals surface area contributed by atoms with Crippen LogP contribution in [-0.2, 0) is 23.0 Å². The molecule has 1 aromatic rings. The number of nitrogens with zero attached hydrogens (tertiary/aromatic N) is 3. The SMILES string of the molecule is CCOC(=O)CN(C(=O)c1cn(C)nc1CC)C1CC1. The molecule has 2 rings (SSSR count). The maximum Gasteiger partial charge on any atom is 0.325 e. The fraction of sp³-hybridized carbons (Fsp3) is 0.643. The van der Waals surface area contributed by atoms with Gasteiger partial charge in [0, 0.05) is 19.3 Å². The largest absolute Gasteiger partial charge is 0.465 e. The molecule has 0 atom stereocenters. The van der Waals surface area contributed by atoms with Crippen molar-refractivity contribution < 1.29 is 14.3 Å². The van der Waals surface area contributed by atoms with Crippen molar-refractivity contribution in [3.8, 4) is 0 Å². The Morgan fingerprint density at radius 2 is 2.15 bits per heavy atom. The van der Waals surface area contributed by atoms with Gasteiger partial charge < -0.3 is 9.64 Å². The van der Waals surface area contributed by atoms with Crippen LogP contribution in [0.25, 0.3) is 0 Å². The lowest BCUT2D eigenvalue weighted by atomic mass is 10.2. The van der Waals surface area contributed by atoms with E-state index in [1.54, 1.807) is 29.7 Å². The minimum atomic E-state index is -0.352. The van der Waals surface area contributed by atoms with Gasteiger partial charge in [0.1, 0.15) is 6.54 Å². The number of aromatic nitrogens is 2. The van der Waals surface area contributed by atoms with Gasteiger partial charge in [-0.05, 0) is 26.2 Å². The summed E-state index contributed by atoms with van der Waals surface area (Å²) in [5, 5.41) is 4.28. The Morgan fingerprint density at radius 3 is 2.70 bits per heavy atom. The highest BCUT2D eigenvalue weighted by Crippen LogP contribution is 2.28. The number of esters is 1. The first kappa shape index (κ1) is 14.6. The Hall–Kier alpha value is -1.85. The number of rotatable bonds is 6. The molecule has 0 spiro atoms. The zero-order chi connectivity index (χ0) is 14.7. The topological polar surface area (TPSA) is 64.4 Å². The van der Waals surface area contributed by atoms with E-state index in [0.29, 0.717) is 18.6 Å². The zero-order valence-electron chi connectivity index (χ0n) is 12.3. The van der Waals surface area contributed by atoms with Crippen molar-refractivity contribution in [1.29, 1.82) is 0 Å². The van der Waals surface area contributed by atoms with Gasteiger partial charge in [-0.3, -0.25) is 14.3 Å². The van der Waals surface area contributed by atoms with E-state index in [4.69, 9.17) is 4.74 Å². The first-order chi connectivity index (χ1) is 9.56. The van der Waals surface area contributed by atoms with Crippen molar-refractivity contribution in [1.82, 2.24) is 14.7 Å². The van der Waals surface area contributed by atoms with Gasteiger partial charge in [-0.15, -0.1) is 0 Å². The van der Waals surface area contributed by atoms with Crippen LogP contribution in [0.4, 0.5) is 0 Å². The van der Waals surface area contributed by atoms with Crippen LogP contribution in [0.15, 0.2) is 6.20 Å². The number of carbonyl (C=O) groups is 2. The molecule has 1 fully saturated rings. The summed E-state index contributed by atoms with van der Waals surface area (Å²) in [7, 11) is 1.79. The predicted octanol–water partition coefficient (Wildman–Crippen LogP) is 1.15. The molecule has 20 heavy (non-hydrogen) atoms. The second-order valence-electron chi connectivity index (χ2n) is 4.99. The predicted molar refractivity (Wildman–Crippen MR) is 73.3 cm³/mol. The van der Waals surface area contributed by atoms with Crippen LogP contribution in [0.2, 0.25) is 0 Å². The summed E-state index contributed by atoms with van der Waals surface area (Å²) in [6, 6.07) is 0.164. The molecule has 1 heterocycles. The molecule has 0 radical (unpaired) electrons. The summed E-state index contributed by atoms with van der Waals surface area (Å²) in [4.78, 5) is 25.9. The summed E-state index contributed by atoms with van der Waals surface area (Å²) >= 11 is 0. The smallest absolute Gasteiger partial charge is 0.325 e. The van der Waals surface area contributed by atoms with Gasteiger partial charge >= 0.3 is 5.97 Å². The average Bonchev–Trinajstić information content (AvgIpc) is 3.18. The summed E-state index contributed by atoms with van der Waals surface area (Å²) < 4.78 is 6.58. The Bertz CT molecular complexity index is 506. The number of hydrogen-bond donors (Lipinski definition) is 0. The molecule has 6 nitrogen and oxygen atoms in total. The van der Waals surface area contributed by atoms with Crippen molar-refractivity contribution in [2.45, 2.75) is 39.2 Å².